The first kappa shape index (κ1) is 22.3. The Kier molecular flexibility index (Phi) is 9.48. The zero-order valence-corrected chi connectivity index (χ0v) is 16.9. The van der Waals surface area contributed by atoms with Crippen LogP contribution in [0.1, 0.15) is 51.7 Å². The zero-order valence-electron chi connectivity index (χ0n) is 15.3. The fourth-order valence-electron chi connectivity index (χ4n) is 1.85. The van der Waals surface area contributed by atoms with Crippen molar-refractivity contribution in [1.82, 2.24) is 0 Å². The number of carbonyl (C=O) groups excluding carboxylic acids is 1. The largest absolute Gasteiger partial charge is 0.396 e. The van der Waals surface area contributed by atoms with Crippen molar-refractivity contribution < 1.29 is 14.7 Å². The van der Waals surface area contributed by atoms with E-state index in [1.54, 1.807) is 26.0 Å². The van der Waals surface area contributed by atoms with Crippen LogP contribution in [0.25, 0.3) is 0 Å². The molecule has 6 nitrogen and oxygen atoms in total. The number of hydrogen-bond acceptors (Lipinski definition) is 6. The molecule has 1 aliphatic heterocycles. The molecule has 26 heavy (non-hydrogen) atoms. The third kappa shape index (κ3) is 6.20. The van der Waals surface area contributed by atoms with Crippen LogP contribution in [-0.4, -0.2) is 41.2 Å². The molecular formula is C18H23Cl2N3O3. The lowest BCUT2D eigenvalue weighted by Crippen LogP contribution is -2.06. The number of nitrogens with zero attached hydrogens (tertiary/aromatic N) is 3. The van der Waals surface area contributed by atoms with Gasteiger partial charge in [-0.15, -0.1) is 0 Å². The highest BCUT2D eigenvalue weighted by molar-refractivity contribution is 6.42. The molecule has 1 N–H and O–H groups in total. The molecule has 0 fully saturated rings. The lowest BCUT2D eigenvalue weighted by molar-refractivity contribution is -0.111. The van der Waals surface area contributed by atoms with Crippen molar-refractivity contribution in [3.05, 3.63) is 33.3 Å². The quantitative estimate of drug-likeness (QED) is 0.592. The van der Waals surface area contributed by atoms with Gasteiger partial charge in [-0.1, -0.05) is 41.3 Å². The van der Waals surface area contributed by atoms with Crippen LogP contribution in [0.5, 0.6) is 0 Å². The number of hydrogen-bond donors (Lipinski definition) is 1. The predicted octanol–water partition coefficient (Wildman–Crippen LogP) is 4.28. The molecule has 0 unspecified atom stereocenters. The van der Waals surface area contributed by atoms with Gasteiger partial charge in [-0.2, -0.15) is 10.2 Å². The first-order valence-electron chi connectivity index (χ1n) is 8.21. The second kappa shape index (κ2) is 11.1. The number of Topliss-reactive ketones (excluding diaryl/α,β-unsaturated/α-hetero) is 1. The molecule has 0 saturated carbocycles. The van der Waals surface area contributed by atoms with Crippen molar-refractivity contribution in [3.8, 4) is 0 Å². The van der Waals surface area contributed by atoms with E-state index in [0.29, 0.717) is 57.9 Å². The van der Waals surface area contributed by atoms with E-state index in [0.717, 1.165) is 6.42 Å². The van der Waals surface area contributed by atoms with Crippen molar-refractivity contribution in [3.63, 3.8) is 0 Å². The Labute approximate surface area is 163 Å². The molecular weight excluding hydrogens is 377 g/mol. The van der Waals surface area contributed by atoms with Gasteiger partial charge >= 0.3 is 0 Å². The van der Waals surface area contributed by atoms with E-state index in [9.17, 15) is 4.79 Å². The average molecular weight is 400 g/mol. The van der Waals surface area contributed by atoms with E-state index in [1.165, 1.54) is 6.92 Å². The average Bonchev–Trinajstić information content (AvgIpc) is 3.13. The molecule has 0 aromatic heterocycles. The van der Waals surface area contributed by atoms with Crippen LogP contribution in [0.3, 0.4) is 0 Å². The maximum absolute atomic E-state index is 11.2. The summed E-state index contributed by atoms with van der Waals surface area (Å²) < 4.78 is 0. The molecule has 1 aromatic carbocycles. The topological polar surface area (TPSA) is 83.6 Å². The molecule has 0 bridgehead atoms. The van der Waals surface area contributed by atoms with Gasteiger partial charge in [0, 0.05) is 31.1 Å². The van der Waals surface area contributed by atoms with Gasteiger partial charge in [-0.25, -0.2) is 0 Å². The fourth-order valence-corrected chi connectivity index (χ4v) is 2.58. The minimum absolute atomic E-state index is 0.128. The molecule has 1 heterocycles. The highest BCUT2D eigenvalue weighted by Gasteiger charge is 2.20. The lowest BCUT2D eigenvalue weighted by Gasteiger charge is -2.10. The normalized spacial score (nSPS) is 14.3. The summed E-state index contributed by atoms with van der Waals surface area (Å²) in [6.07, 6.45) is 1.53. The summed E-state index contributed by atoms with van der Waals surface area (Å²) in [5.41, 5.74) is 2.98. The molecule has 142 valence electrons. The fraction of sp³-hybridized carbons (Fsp3) is 0.444. The summed E-state index contributed by atoms with van der Waals surface area (Å²) in [6, 6.07) is 3.50. The van der Waals surface area contributed by atoms with Gasteiger partial charge in [0.15, 0.2) is 5.78 Å². The van der Waals surface area contributed by atoms with E-state index in [4.69, 9.17) is 33.1 Å². The van der Waals surface area contributed by atoms with Crippen LogP contribution >= 0.6 is 23.2 Å². The first-order chi connectivity index (χ1) is 12.3. The molecule has 0 aliphatic carbocycles. The third-order valence-electron chi connectivity index (χ3n) is 3.46. The van der Waals surface area contributed by atoms with E-state index in [2.05, 4.69) is 15.4 Å². The van der Waals surface area contributed by atoms with Gasteiger partial charge < -0.3 is 9.94 Å². The summed E-state index contributed by atoms with van der Waals surface area (Å²) in [5.74, 6) is -0.128. The van der Waals surface area contributed by atoms with Crippen LogP contribution < -0.4 is 0 Å². The predicted molar refractivity (Wildman–Crippen MR) is 107 cm³/mol. The number of ketones is 1. The summed E-state index contributed by atoms with van der Waals surface area (Å²) in [4.78, 5) is 16.2. The van der Waals surface area contributed by atoms with Crippen molar-refractivity contribution >= 4 is 46.1 Å². The monoisotopic (exact) mass is 399 g/mol. The van der Waals surface area contributed by atoms with Gasteiger partial charge in [0.2, 0.25) is 0 Å². The van der Waals surface area contributed by atoms with Crippen molar-refractivity contribution in [2.24, 2.45) is 15.4 Å². The smallest absolute Gasteiger partial charge is 0.175 e. The number of aliphatic hydroxyl groups excluding tert-OH is 1. The SMILES string of the molecule is CC(=O)/C(C)=N\N=C(/C)c1ccc(Cl)c(C2=NOCC2)c1Cl.CCCO. The Morgan fingerprint density at radius 3 is 2.42 bits per heavy atom. The maximum Gasteiger partial charge on any atom is 0.175 e. The molecule has 2 rings (SSSR count). The summed E-state index contributed by atoms with van der Waals surface area (Å²) in [7, 11) is 0. The van der Waals surface area contributed by atoms with E-state index >= 15 is 0 Å². The Morgan fingerprint density at radius 2 is 1.92 bits per heavy atom. The molecule has 0 radical (unpaired) electrons. The number of halogens is 2. The van der Waals surface area contributed by atoms with Crippen LogP contribution in [-0.2, 0) is 9.63 Å². The molecule has 0 atom stereocenters. The molecule has 8 heteroatoms. The van der Waals surface area contributed by atoms with E-state index in [1.807, 2.05) is 6.92 Å². The van der Waals surface area contributed by atoms with E-state index < -0.39 is 0 Å². The van der Waals surface area contributed by atoms with Gasteiger partial charge in [0.05, 0.1) is 21.5 Å². The Bertz CT molecular complexity index is 741. The van der Waals surface area contributed by atoms with Crippen LogP contribution in [0.15, 0.2) is 27.5 Å². The minimum atomic E-state index is -0.128. The summed E-state index contributed by atoms with van der Waals surface area (Å²) in [5, 5.41) is 20.8. The third-order valence-corrected chi connectivity index (χ3v) is 4.17. The number of rotatable bonds is 5. The molecule has 1 aromatic rings. The van der Waals surface area contributed by atoms with Crippen LogP contribution in [0.4, 0.5) is 0 Å². The first-order valence-corrected chi connectivity index (χ1v) is 8.97. The molecule has 0 spiro atoms. The second-order valence-electron chi connectivity index (χ2n) is 5.56. The van der Waals surface area contributed by atoms with E-state index in [-0.39, 0.29) is 5.78 Å². The van der Waals surface area contributed by atoms with Crippen molar-refractivity contribution in [1.29, 1.82) is 0 Å². The number of aliphatic hydroxyl groups is 1. The van der Waals surface area contributed by atoms with Crippen molar-refractivity contribution in [2.75, 3.05) is 13.2 Å². The Hall–Kier alpha value is -1.76. The molecule has 0 saturated heterocycles. The maximum atomic E-state index is 11.2. The standard InChI is InChI=1S/C15H15Cl2N3O2.C3H8O/c1-8(10(3)21)18-19-9(2)11-4-5-12(16)14(15(11)17)13-6-7-22-20-13;1-2-3-4/h4-5H,6-7H2,1-3H3;4H,2-3H2,1H3/b18-8-,19-9+;. The highest BCUT2D eigenvalue weighted by atomic mass is 35.5. The highest BCUT2D eigenvalue weighted by Crippen LogP contribution is 2.31. The lowest BCUT2D eigenvalue weighted by atomic mass is 10.0. The van der Waals surface area contributed by atoms with Gasteiger partial charge in [0.1, 0.15) is 12.3 Å². The number of carbonyl (C=O) groups is 1. The van der Waals surface area contributed by atoms with Crippen LogP contribution in [0, 0.1) is 0 Å². The number of benzene rings is 1. The summed E-state index contributed by atoms with van der Waals surface area (Å²) >= 11 is 12.7. The van der Waals surface area contributed by atoms with Gasteiger partial charge in [-0.3, -0.25) is 4.79 Å². The second-order valence-corrected chi connectivity index (χ2v) is 6.34. The Balaban J connectivity index is 0.000000765. The molecule has 1 aliphatic rings. The Morgan fingerprint density at radius 1 is 1.27 bits per heavy atom. The van der Waals surface area contributed by atoms with Gasteiger partial charge in [0.25, 0.3) is 0 Å². The van der Waals surface area contributed by atoms with Crippen molar-refractivity contribution in [2.45, 2.75) is 40.5 Å². The summed E-state index contributed by atoms with van der Waals surface area (Å²) in [6.45, 7) is 7.58. The zero-order chi connectivity index (χ0) is 19.7. The van der Waals surface area contributed by atoms with Gasteiger partial charge in [-0.05, 0) is 26.3 Å². The molecule has 0 amide bonds. The number of oxime groups is 1. The van der Waals surface area contributed by atoms with Crippen LogP contribution in [0.2, 0.25) is 10.0 Å². The minimum Gasteiger partial charge on any atom is -0.396 e.